The molecule has 1 fully saturated rings. The Morgan fingerprint density at radius 1 is 1.39 bits per heavy atom. The van der Waals surface area contributed by atoms with Crippen LogP contribution in [0, 0.1) is 5.92 Å². The second-order valence-electron chi connectivity index (χ2n) is 6.84. The smallest absolute Gasteiger partial charge is 0.269 e. The van der Waals surface area contributed by atoms with Crippen LogP contribution in [0.1, 0.15) is 40.0 Å². The van der Waals surface area contributed by atoms with Crippen LogP contribution < -0.4 is 10.6 Å². The maximum Gasteiger partial charge on any atom is 0.269 e. The van der Waals surface area contributed by atoms with Crippen LogP contribution in [0.4, 0.5) is 0 Å². The number of hydrogen-bond acceptors (Lipinski definition) is 6. The summed E-state index contributed by atoms with van der Waals surface area (Å²) < 4.78 is 30.9. The van der Waals surface area contributed by atoms with E-state index in [9.17, 15) is 18.0 Å². The van der Waals surface area contributed by atoms with E-state index in [0.29, 0.717) is 12.5 Å². The molecule has 0 radical (unpaired) electrons. The van der Waals surface area contributed by atoms with Crippen molar-refractivity contribution in [1.82, 2.24) is 14.9 Å². The minimum Gasteiger partial charge on any atom is -0.383 e. The van der Waals surface area contributed by atoms with Gasteiger partial charge < -0.3 is 15.4 Å². The Morgan fingerprint density at radius 3 is 2.86 bits per heavy atom. The molecule has 2 aliphatic heterocycles. The first-order chi connectivity index (χ1) is 12.9. The van der Waals surface area contributed by atoms with Gasteiger partial charge in [-0.3, -0.25) is 9.59 Å². The second kappa shape index (κ2) is 9.69. The Morgan fingerprint density at radius 2 is 2.18 bits per heavy atom. The zero-order valence-corrected chi connectivity index (χ0v) is 17.4. The second-order valence-corrected chi connectivity index (χ2v) is 8.67. The lowest BCUT2D eigenvalue weighted by Crippen LogP contribution is -2.33. The van der Waals surface area contributed by atoms with Crippen molar-refractivity contribution >= 4 is 34.2 Å². The molecule has 1 aromatic carbocycles. The summed E-state index contributed by atoms with van der Waals surface area (Å²) in [5, 5.41) is 6.18. The minimum atomic E-state index is -3.95. The number of halogens is 1. The molecule has 2 aliphatic rings. The Hall–Kier alpha value is -1.68. The third kappa shape index (κ3) is 4.65. The van der Waals surface area contributed by atoms with Gasteiger partial charge in [0.05, 0.1) is 18.7 Å². The van der Waals surface area contributed by atoms with Gasteiger partial charge in [-0.25, -0.2) is 12.7 Å². The zero-order chi connectivity index (χ0) is 19.4. The predicted molar refractivity (Wildman–Crippen MR) is 106 cm³/mol. The molecule has 1 saturated heterocycles. The molecule has 0 spiro atoms. The standard InChI is InChI=1S/C18H25N3O5S.ClH/c1-26-10-9-21-18(23)15-5-4-14(11-16(15)27(21,24)25)17(22)20-8-6-13-3-2-7-19-12-13;/h4-5,11,13,19H,2-3,6-10,12H2,1H3,(H,20,22);1H. The zero-order valence-electron chi connectivity index (χ0n) is 15.8. The molecule has 0 aromatic heterocycles. The van der Waals surface area contributed by atoms with Gasteiger partial charge in [0, 0.05) is 19.2 Å². The number of benzene rings is 1. The van der Waals surface area contributed by atoms with E-state index < -0.39 is 15.9 Å². The number of amides is 2. The molecular formula is C18H26ClN3O5S. The van der Waals surface area contributed by atoms with E-state index in [1.807, 2.05) is 0 Å². The first-order valence-corrected chi connectivity index (χ1v) is 10.6. The van der Waals surface area contributed by atoms with Crippen LogP contribution >= 0.6 is 12.4 Å². The quantitative estimate of drug-likeness (QED) is 0.667. The average Bonchev–Trinajstić information content (AvgIpc) is 2.86. The molecular weight excluding hydrogens is 406 g/mol. The first kappa shape index (κ1) is 22.6. The fourth-order valence-corrected chi connectivity index (χ4v) is 5.05. The van der Waals surface area contributed by atoms with Gasteiger partial charge >= 0.3 is 0 Å². The summed E-state index contributed by atoms with van der Waals surface area (Å²) in [5.74, 6) is -0.371. The van der Waals surface area contributed by atoms with E-state index in [0.717, 1.165) is 36.7 Å². The van der Waals surface area contributed by atoms with E-state index in [4.69, 9.17) is 4.74 Å². The molecule has 28 heavy (non-hydrogen) atoms. The van der Waals surface area contributed by atoms with E-state index >= 15 is 0 Å². The molecule has 0 saturated carbocycles. The molecule has 8 nitrogen and oxygen atoms in total. The van der Waals surface area contributed by atoms with Crippen LogP contribution in [-0.2, 0) is 14.8 Å². The van der Waals surface area contributed by atoms with Crippen molar-refractivity contribution in [2.75, 3.05) is 39.9 Å². The Bertz CT molecular complexity index is 825. The van der Waals surface area contributed by atoms with Crippen LogP contribution in [0.2, 0.25) is 0 Å². The number of rotatable bonds is 7. The molecule has 1 unspecified atom stereocenters. The molecule has 1 atom stereocenters. The number of carbonyl (C=O) groups is 2. The van der Waals surface area contributed by atoms with Gasteiger partial charge in [0.2, 0.25) is 0 Å². The number of sulfonamides is 1. The number of fused-ring (bicyclic) bond motifs is 1. The van der Waals surface area contributed by atoms with Crippen molar-refractivity contribution in [2.45, 2.75) is 24.2 Å². The topological polar surface area (TPSA) is 105 Å². The third-order valence-corrected chi connectivity index (χ3v) is 6.83. The number of ether oxygens (including phenoxy) is 1. The summed E-state index contributed by atoms with van der Waals surface area (Å²) in [6, 6.07) is 4.18. The van der Waals surface area contributed by atoms with Crippen molar-refractivity contribution in [3.05, 3.63) is 29.3 Å². The third-order valence-electron chi connectivity index (χ3n) is 5.00. The van der Waals surface area contributed by atoms with Crippen LogP contribution in [0.5, 0.6) is 0 Å². The predicted octanol–water partition coefficient (Wildman–Crippen LogP) is 1.02. The van der Waals surface area contributed by atoms with Crippen LogP contribution in [0.25, 0.3) is 0 Å². The molecule has 0 bridgehead atoms. The highest BCUT2D eigenvalue weighted by Gasteiger charge is 2.41. The number of piperidine rings is 1. The molecule has 2 amide bonds. The van der Waals surface area contributed by atoms with Gasteiger partial charge in [-0.1, -0.05) is 0 Å². The molecule has 3 rings (SSSR count). The van der Waals surface area contributed by atoms with E-state index in [-0.39, 0.29) is 47.5 Å². The summed E-state index contributed by atoms with van der Waals surface area (Å²) >= 11 is 0. The SMILES string of the molecule is COCCN1C(=O)c2ccc(C(=O)NCCC3CCCNC3)cc2S1(=O)=O.Cl. The molecule has 2 heterocycles. The summed E-state index contributed by atoms with van der Waals surface area (Å²) in [6.07, 6.45) is 3.18. The van der Waals surface area contributed by atoms with Crippen molar-refractivity contribution in [3.63, 3.8) is 0 Å². The van der Waals surface area contributed by atoms with Crippen LogP contribution in [-0.4, -0.2) is 64.4 Å². The van der Waals surface area contributed by atoms with Crippen molar-refractivity contribution in [2.24, 2.45) is 5.92 Å². The van der Waals surface area contributed by atoms with Gasteiger partial charge in [-0.05, 0) is 56.5 Å². The Labute approximate surface area is 171 Å². The molecule has 1 aromatic rings. The number of carbonyl (C=O) groups excluding carboxylic acids is 2. The Balaban J connectivity index is 0.00000280. The van der Waals surface area contributed by atoms with Gasteiger partial charge in [-0.2, -0.15) is 0 Å². The normalized spacial score (nSPS) is 20.4. The fourth-order valence-electron chi connectivity index (χ4n) is 3.47. The van der Waals surface area contributed by atoms with Gasteiger partial charge in [0.15, 0.2) is 0 Å². The van der Waals surface area contributed by atoms with Gasteiger partial charge in [0.25, 0.3) is 21.8 Å². The highest BCUT2D eigenvalue weighted by molar-refractivity contribution is 7.90. The monoisotopic (exact) mass is 431 g/mol. The first-order valence-electron chi connectivity index (χ1n) is 9.14. The molecule has 156 valence electrons. The van der Waals surface area contributed by atoms with E-state index in [1.165, 1.54) is 25.3 Å². The average molecular weight is 432 g/mol. The van der Waals surface area contributed by atoms with Crippen molar-refractivity contribution in [3.8, 4) is 0 Å². The summed E-state index contributed by atoms with van der Waals surface area (Å²) in [5.41, 5.74) is 0.330. The summed E-state index contributed by atoms with van der Waals surface area (Å²) in [4.78, 5) is 24.6. The maximum absolute atomic E-state index is 12.6. The van der Waals surface area contributed by atoms with Crippen LogP contribution in [0.3, 0.4) is 0 Å². The lowest BCUT2D eigenvalue weighted by atomic mass is 9.96. The largest absolute Gasteiger partial charge is 0.383 e. The molecule has 0 aliphatic carbocycles. The van der Waals surface area contributed by atoms with E-state index in [2.05, 4.69) is 10.6 Å². The van der Waals surface area contributed by atoms with E-state index in [1.54, 1.807) is 0 Å². The van der Waals surface area contributed by atoms with Gasteiger partial charge in [-0.15, -0.1) is 12.4 Å². The summed E-state index contributed by atoms with van der Waals surface area (Å²) in [7, 11) is -2.51. The summed E-state index contributed by atoms with van der Waals surface area (Å²) in [6.45, 7) is 2.61. The number of hydrogen-bond donors (Lipinski definition) is 2. The number of nitrogens with zero attached hydrogens (tertiary/aromatic N) is 1. The lowest BCUT2D eigenvalue weighted by molar-refractivity contribution is 0.0835. The molecule has 2 N–H and O–H groups in total. The highest BCUT2D eigenvalue weighted by Crippen LogP contribution is 2.30. The van der Waals surface area contributed by atoms with Crippen molar-refractivity contribution in [1.29, 1.82) is 0 Å². The fraction of sp³-hybridized carbons (Fsp3) is 0.556. The van der Waals surface area contributed by atoms with Gasteiger partial charge in [0.1, 0.15) is 4.90 Å². The van der Waals surface area contributed by atoms with Crippen molar-refractivity contribution < 1.29 is 22.7 Å². The lowest BCUT2D eigenvalue weighted by Gasteiger charge is -2.22. The minimum absolute atomic E-state index is 0. The maximum atomic E-state index is 12.6. The molecule has 10 heteroatoms. The number of methoxy groups -OCH3 is 1. The Kier molecular flexibility index (Phi) is 7.82. The number of nitrogens with one attached hydrogen (secondary N) is 2. The highest BCUT2D eigenvalue weighted by atomic mass is 35.5. The van der Waals surface area contributed by atoms with Crippen LogP contribution in [0.15, 0.2) is 23.1 Å².